The van der Waals surface area contributed by atoms with Crippen LogP contribution in [0, 0.1) is 6.92 Å². The quantitative estimate of drug-likeness (QED) is 0.841. The molecule has 0 amide bonds. The molecule has 1 aliphatic heterocycles. The highest BCUT2D eigenvalue weighted by Crippen LogP contribution is 2.15. The van der Waals surface area contributed by atoms with Crippen LogP contribution in [0.3, 0.4) is 0 Å². The van der Waals surface area contributed by atoms with E-state index < -0.39 is 0 Å². The number of likely N-dealkylation sites (N-methyl/N-ethyl adjacent to an activating group) is 1. The zero-order chi connectivity index (χ0) is 11.4. The number of hydrogen-bond donors (Lipinski definition) is 1. The van der Waals surface area contributed by atoms with Gasteiger partial charge < -0.3 is 10.2 Å². The van der Waals surface area contributed by atoms with E-state index in [2.05, 4.69) is 27.1 Å². The molecule has 1 saturated heterocycles. The Hall–Kier alpha value is -1.16. The summed E-state index contributed by atoms with van der Waals surface area (Å²) >= 11 is 0. The molecule has 1 fully saturated rings. The molecule has 2 heterocycles. The molecule has 16 heavy (non-hydrogen) atoms. The Labute approximate surface area is 97.1 Å². The van der Waals surface area contributed by atoms with Gasteiger partial charge in [-0.15, -0.1) is 0 Å². The van der Waals surface area contributed by atoms with Gasteiger partial charge in [-0.3, -0.25) is 4.98 Å². The molecule has 0 aliphatic carbocycles. The summed E-state index contributed by atoms with van der Waals surface area (Å²) in [5, 5.41) is 3.50. The summed E-state index contributed by atoms with van der Waals surface area (Å²) in [7, 11) is 0. The molecule has 0 saturated carbocycles. The van der Waals surface area contributed by atoms with Crippen LogP contribution in [0.2, 0.25) is 0 Å². The van der Waals surface area contributed by atoms with Gasteiger partial charge in [0, 0.05) is 25.0 Å². The molecule has 0 aromatic carbocycles. The maximum absolute atomic E-state index is 4.33. The Kier molecular flexibility index (Phi) is 3.72. The van der Waals surface area contributed by atoms with E-state index in [1.54, 1.807) is 12.4 Å². The van der Waals surface area contributed by atoms with E-state index in [1.807, 2.05) is 6.92 Å². The number of anilines is 1. The van der Waals surface area contributed by atoms with E-state index >= 15 is 0 Å². The molecule has 88 valence electrons. The second-order valence-corrected chi connectivity index (χ2v) is 4.37. The second-order valence-electron chi connectivity index (χ2n) is 4.37. The van der Waals surface area contributed by atoms with Crippen LogP contribution in [0.4, 0.5) is 5.82 Å². The Bertz CT molecular complexity index is 340. The van der Waals surface area contributed by atoms with Gasteiger partial charge >= 0.3 is 0 Å². The molecule has 0 spiro atoms. The molecule has 0 bridgehead atoms. The van der Waals surface area contributed by atoms with Crippen molar-refractivity contribution < 1.29 is 0 Å². The van der Waals surface area contributed by atoms with Gasteiger partial charge in [-0.25, -0.2) is 4.98 Å². The lowest BCUT2D eigenvalue weighted by atomic mass is 10.1. The molecule has 1 aromatic heterocycles. The first-order chi connectivity index (χ1) is 7.79. The number of hydrogen-bond acceptors (Lipinski definition) is 4. The predicted molar refractivity (Wildman–Crippen MR) is 65.5 cm³/mol. The summed E-state index contributed by atoms with van der Waals surface area (Å²) in [6.07, 6.45) is 5.98. The Morgan fingerprint density at radius 2 is 2.25 bits per heavy atom. The molecule has 1 N–H and O–H groups in total. The van der Waals surface area contributed by atoms with Gasteiger partial charge in [0.05, 0.1) is 5.69 Å². The van der Waals surface area contributed by atoms with Gasteiger partial charge in [-0.2, -0.15) is 0 Å². The lowest BCUT2D eigenvalue weighted by Crippen LogP contribution is -2.42. The molecule has 1 atom stereocenters. The topological polar surface area (TPSA) is 41.0 Å². The third kappa shape index (κ3) is 2.70. The van der Waals surface area contributed by atoms with Crippen molar-refractivity contribution in [2.24, 2.45) is 0 Å². The van der Waals surface area contributed by atoms with Gasteiger partial charge in [0.1, 0.15) is 5.82 Å². The summed E-state index contributed by atoms with van der Waals surface area (Å²) in [5.41, 5.74) is 0.983. The minimum atomic E-state index is 0.518. The molecule has 1 aromatic rings. The van der Waals surface area contributed by atoms with Crippen LogP contribution in [0.1, 0.15) is 25.5 Å². The van der Waals surface area contributed by atoms with E-state index in [-0.39, 0.29) is 0 Å². The normalized spacial score (nSPS) is 22.0. The van der Waals surface area contributed by atoms with E-state index in [0.717, 1.165) is 24.6 Å². The van der Waals surface area contributed by atoms with Gasteiger partial charge in [0.2, 0.25) is 0 Å². The number of likely N-dealkylation sites (tertiary alicyclic amines) is 1. The van der Waals surface area contributed by atoms with Crippen molar-refractivity contribution in [1.82, 2.24) is 14.9 Å². The third-order valence-electron chi connectivity index (χ3n) is 3.17. The van der Waals surface area contributed by atoms with Crippen LogP contribution in [-0.4, -0.2) is 40.5 Å². The van der Waals surface area contributed by atoms with Crippen molar-refractivity contribution in [2.45, 2.75) is 32.7 Å². The fourth-order valence-corrected chi connectivity index (χ4v) is 2.20. The number of nitrogens with one attached hydrogen (secondary N) is 1. The van der Waals surface area contributed by atoms with Crippen molar-refractivity contribution in [3.05, 3.63) is 18.1 Å². The van der Waals surface area contributed by atoms with Crippen LogP contribution >= 0.6 is 0 Å². The van der Waals surface area contributed by atoms with Gasteiger partial charge in [0.25, 0.3) is 0 Å². The van der Waals surface area contributed by atoms with Gasteiger partial charge in [-0.05, 0) is 32.9 Å². The van der Waals surface area contributed by atoms with Crippen LogP contribution in [-0.2, 0) is 0 Å². The second kappa shape index (κ2) is 5.25. The standard InChI is InChI=1S/C12H20N4/c1-3-16-8-4-5-11(9-16)15-12-10(2)13-6-7-14-12/h6-7,11H,3-5,8-9H2,1-2H3,(H,14,15). The average molecular weight is 220 g/mol. The first-order valence-corrected chi connectivity index (χ1v) is 6.06. The summed E-state index contributed by atoms with van der Waals surface area (Å²) in [6.45, 7) is 7.70. The van der Waals surface area contributed by atoms with Crippen LogP contribution in [0.25, 0.3) is 0 Å². The highest BCUT2D eigenvalue weighted by molar-refractivity contribution is 5.39. The van der Waals surface area contributed by atoms with Crippen molar-refractivity contribution in [3.8, 4) is 0 Å². The monoisotopic (exact) mass is 220 g/mol. The van der Waals surface area contributed by atoms with Gasteiger partial charge in [0.15, 0.2) is 0 Å². The average Bonchev–Trinajstić information content (AvgIpc) is 2.32. The van der Waals surface area contributed by atoms with Crippen molar-refractivity contribution >= 4 is 5.82 Å². The zero-order valence-electron chi connectivity index (χ0n) is 10.1. The minimum Gasteiger partial charge on any atom is -0.365 e. The number of aryl methyl sites for hydroxylation is 1. The molecule has 1 unspecified atom stereocenters. The number of aromatic nitrogens is 2. The SMILES string of the molecule is CCN1CCCC(Nc2nccnc2C)C1. The van der Waals surface area contributed by atoms with Gasteiger partial charge in [-0.1, -0.05) is 6.92 Å². The Balaban J connectivity index is 1.97. The molecule has 4 nitrogen and oxygen atoms in total. The van der Waals surface area contributed by atoms with Crippen LogP contribution in [0.15, 0.2) is 12.4 Å². The van der Waals surface area contributed by atoms with E-state index in [4.69, 9.17) is 0 Å². The molecule has 2 rings (SSSR count). The lowest BCUT2D eigenvalue weighted by molar-refractivity contribution is 0.226. The largest absolute Gasteiger partial charge is 0.365 e. The third-order valence-corrected chi connectivity index (χ3v) is 3.17. The summed E-state index contributed by atoms with van der Waals surface area (Å²) in [5.74, 6) is 0.936. The Morgan fingerprint density at radius 3 is 3.00 bits per heavy atom. The van der Waals surface area contributed by atoms with E-state index in [1.165, 1.54) is 19.4 Å². The number of rotatable bonds is 3. The van der Waals surface area contributed by atoms with E-state index in [9.17, 15) is 0 Å². The summed E-state index contributed by atoms with van der Waals surface area (Å²) < 4.78 is 0. The minimum absolute atomic E-state index is 0.518. The van der Waals surface area contributed by atoms with Crippen molar-refractivity contribution in [2.75, 3.05) is 25.0 Å². The van der Waals surface area contributed by atoms with E-state index in [0.29, 0.717) is 6.04 Å². The number of nitrogens with zero attached hydrogens (tertiary/aromatic N) is 3. The highest BCUT2D eigenvalue weighted by atomic mass is 15.2. The summed E-state index contributed by atoms with van der Waals surface area (Å²) in [4.78, 5) is 11.1. The van der Waals surface area contributed by atoms with Crippen molar-refractivity contribution in [3.63, 3.8) is 0 Å². The molecular weight excluding hydrogens is 200 g/mol. The molecule has 0 radical (unpaired) electrons. The van der Waals surface area contributed by atoms with Crippen molar-refractivity contribution in [1.29, 1.82) is 0 Å². The predicted octanol–water partition coefficient (Wildman–Crippen LogP) is 1.68. The first-order valence-electron chi connectivity index (χ1n) is 6.06. The fraction of sp³-hybridized carbons (Fsp3) is 0.667. The molecule has 4 heteroatoms. The smallest absolute Gasteiger partial charge is 0.147 e. The summed E-state index contributed by atoms with van der Waals surface area (Å²) in [6, 6.07) is 0.518. The lowest BCUT2D eigenvalue weighted by Gasteiger charge is -2.32. The first kappa shape index (κ1) is 11.3. The van der Waals surface area contributed by atoms with Crippen LogP contribution in [0.5, 0.6) is 0 Å². The molecule has 1 aliphatic rings. The molecular formula is C12H20N4. The highest BCUT2D eigenvalue weighted by Gasteiger charge is 2.19. The fourth-order valence-electron chi connectivity index (χ4n) is 2.20. The zero-order valence-corrected chi connectivity index (χ0v) is 10.1. The van der Waals surface area contributed by atoms with Crippen LogP contribution < -0.4 is 5.32 Å². The Morgan fingerprint density at radius 1 is 1.44 bits per heavy atom. The maximum Gasteiger partial charge on any atom is 0.147 e. The maximum atomic E-state index is 4.33. The number of piperidine rings is 1.